The van der Waals surface area contributed by atoms with Crippen LogP contribution in [0.2, 0.25) is 0 Å². The van der Waals surface area contributed by atoms with Gasteiger partial charge in [-0.05, 0) is 55.9 Å². The monoisotopic (exact) mass is 520 g/mol. The van der Waals surface area contributed by atoms with Crippen molar-refractivity contribution in [3.05, 3.63) is 28.7 Å². The molecule has 0 bridgehead atoms. The molecule has 3 rings (SSSR count). The van der Waals surface area contributed by atoms with Crippen molar-refractivity contribution in [2.75, 3.05) is 40.5 Å². The summed E-state index contributed by atoms with van der Waals surface area (Å²) in [5.74, 6) is 0.601. The van der Waals surface area contributed by atoms with E-state index in [1.807, 2.05) is 11.0 Å². The highest BCUT2D eigenvalue weighted by molar-refractivity contribution is 8.26. The summed E-state index contributed by atoms with van der Waals surface area (Å²) in [6.45, 7) is 2.05. The van der Waals surface area contributed by atoms with E-state index in [-0.39, 0.29) is 24.4 Å². The van der Waals surface area contributed by atoms with Crippen LogP contribution in [0.4, 0.5) is 0 Å². The molecule has 0 unspecified atom stereocenters. The standard InChI is InChI=1S/C25H32N2O6S2/c1-31-20-15-18(10-11-19(20)33-17-22(28)26-12-6-4-7-13-26)16-21-24(30)27(25(34)35-21)14-8-3-5-9-23(29)32-2/h10-11,15-16H,3-9,12-14,17H2,1-2H3/b21-16+. The molecule has 2 saturated heterocycles. The van der Waals surface area contributed by atoms with Gasteiger partial charge < -0.3 is 19.1 Å². The predicted molar refractivity (Wildman–Crippen MR) is 139 cm³/mol. The van der Waals surface area contributed by atoms with E-state index >= 15 is 0 Å². The number of hydrogen-bond donors (Lipinski definition) is 0. The SMILES string of the molecule is COC(=O)CCCCCN1C(=O)/C(=C\c2ccc(OCC(=O)N3CCCCC3)c(OC)c2)SC1=S. The zero-order valence-electron chi connectivity index (χ0n) is 20.2. The van der Waals surface area contributed by atoms with Gasteiger partial charge in [0, 0.05) is 26.1 Å². The van der Waals surface area contributed by atoms with E-state index < -0.39 is 0 Å². The second-order valence-corrected chi connectivity index (χ2v) is 10.0. The highest BCUT2D eigenvalue weighted by Crippen LogP contribution is 2.35. The third-order valence-corrected chi connectivity index (χ3v) is 7.29. The minimum absolute atomic E-state index is 0.0233. The number of rotatable bonds is 11. The summed E-state index contributed by atoms with van der Waals surface area (Å²) in [5, 5.41) is 0. The first-order valence-electron chi connectivity index (χ1n) is 11.8. The van der Waals surface area contributed by atoms with E-state index in [1.165, 1.54) is 26.0 Å². The number of carbonyl (C=O) groups excluding carboxylic acids is 3. The molecule has 0 atom stereocenters. The number of methoxy groups -OCH3 is 2. The molecule has 0 aromatic heterocycles. The summed E-state index contributed by atoms with van der Waals surface area (Å²) >= 11 is 6.67. The number of thioether (sulfide) groups is 1. The summed E-state index contributed by atoms with van der Waals surface area (Å²) < 4.78 is 16.4. The first kappa shape index (κ1) is 27.0. The Morgan fingerprint density at radius 3 is 2.57 bits per heavy atom. The lowest BCUT2D eigenvalue weighted by molar-refractivity contribution is -0.140. The largest absolute Gasteiger partial charge is 0.493 e. The van der Waals surface area contributed by atoms with Crippen LogP contribution in [0, 0.1) is 0 Å². The number of amides is 2. The number of unbranched alkanes of at least 4 members (excludes halogenated alkanes) is 2. The zero-order valence-corrected chi connectivity index (χ0v) is 21.9. The summed E-state index contributed by atoms with van der Waals surface area (Å²) in [4.78, 5) is 40.4. The van der Waals surface area contributed by atoms with E-state index in [0.29, 0.717) is 33.7 Å². The summed E-state index contributed by atoms with van der Waals surface area (Å²) in [5.41, 5.74) is 0.773. The van der Waals surface area contributed by atoms with Gasteiger partial charge in [0.15, 0.2) is 18.1 Å². The van der Waals surface area contributed by atoms with E-state index in [1.54, 1.807) is 23.1 Å². The van der Waals surface area contributed by atoms with Crippen molar-refractivity contribution in [3.63, 3.8) is 0 Å². The van der Waals surface area contributed by atoms with Crippen molar-refractivity contribution in [2.24, 2.45) is 0 Å². The van der Waals surface area contributed by atoms with Crippen LogP contribution in [0.5, 0.6) is 11.5 Å². The van der Waals surface area contributed by atoms with Crippen LogP contribution >= 0.6 is 24.0 Å². The van der Waals surface area contributed by atoms with E-state index in [9.17, 15) is 14.4 Å². The van der Waals surface area contributed by atoms with Gasteiger partial charge in [0.25, 0.3) is 11.8 Å². The molecule has 190 valence electrons. The number of thiocarbonyl (C=S) groups is 1. The van der Waals surface area contributed by atoms with Crippen molar-refractivity contribution in [2.45, 2.75) is 44.9 Å². The minimum Gasteiger partial charge on any atom is -0.493 e. The van der Waals surface area contributed by atoms with Crippen molar-refractivity contribution >= 4 is 52.2 Å². The maximum absolute atomic E-state index is 12.9. The molecular weight excluding hydrogens is 488 g/mol. The predicted octanol–water partition coefficient (Wildman–Crippen LogP) is 4.02. The Morgan fingerprint density at radius 2 is 1.86 bits per heavy atom. The van der Waals surface area contributed by atoms with Crippen molar-refractivity contribution in [1.29, 1.82) is 0 Å². The number of esters is 1. The maximum Gasteiger partial charge on any atom is 0.305 e. The molecule has 35 heavy (non-hydrogen) atoms. The number of likely N-dealkylation sites (tertiary alicyclic amines) is 1. The molecule has 1 aromatic rings. The second-order valence-electron chi connectivity index (χ2n) is 8.36. The third kappa shape index (κ3) is 7.70. The number of piperidine rings is 1. The van der Waals surface area contributed by atoms with Gasteiger partial charge in [0.05, 0.1) is 19.1 Å². The van der Waals surface area contributed by atoms with Crippen molar-refractivity contribution in [3.8, 4) is 11.5 Å². The van der Waals surface area contributed by atoms with Gasteiger partial charge in [-0.3, -0.25) is 19.3 Å². The minimum atomic E-state index is -0.223. The Morgan fingerprint density at radius 1 is 1.09 bits per heavy atom. The molecule has 8 nitrogen and oxygen atoms in total. The molecule has 0 radical (unpaired) electrons. The highest BCUT2D eigenvalue weighted by atomic mass is 32.2. The smallest absolute Gasteiger partial charge is 0.305 e. The average molecular weight is 521 g/mol. The number of benzene rings is 1. The van der Waals surface area contributed by atoms with Crippen molar-refractivity contribution in [1.82, 2.24) is 9.80 Å². The fourth-order valence-corrected chi connectivity index (χ4v) is 5.24. The van der Waals surface area contributed by atoms with Crippen LogP contribution in [0.15, 0.2) is 23.1 Å². The highest BCUT2D eigenvalue weighted by Gasteiger charge is 2.31. The van der Waals surface area contributed by atoms with E-state index in [0.717, 1.165) is 57.2 Å². The first-order chi connectivity index (χ1) is 16.9. The maximum atomic E-state index is 12.9. The lowest BCUT2D eigenvalue weighted by atomic mass is 10.1. The Hall–Kier alpha value is -2.59. The molecule has 1 aromatic carbocycles. The van der Waals surface area contributed by atoms with Crippen LogP contribution in [-0.2, 0) is 19.1 Å². The number of hydrogen-bond acceptors (Lipinski definition) is 8. The van der Waals surface area contributed by atoms with Gasteiger partial charge in [0.2, 0.25) is 0 Å². The van der Waals surface area contributed by atoms with E-state index in [4.69, 9.17) is 21.7 Å². The van der Waals surface area contributed by atoms with Gasteiger partial charge >= 0.3 is 5.97 Å². The van der Waals surface area contributed by atoms with Crippen LogP contribution in [0.1, 0.15) is 50.5 Å². The van der Waals surface area contributed by atoms with Gasteiger partial charge in [-0.25, -0.2) is 0 Å². The average Bonchev–Trinajstić information content (AvgIpc) is 3.14. The fourth-order valence-electron chi connectivity index (χ4n) is 3.93. The Kier molecular flexibility index (Phi) is 10.4. The Balaban J connectivity index is 1.56. The fraction of sp³-hybridized carbons (Fsp3) is 0.520. The molecule has 2 heterocycles. The first-order valence-corrected chi connectivity index (χ1v) is 13.1. The van der Waals surface area contributed by atoms with Gasteiger partial charge in [0.1, 0.15) is 4.32 Å². The van der Waals surface area contributed by atoms with Crippen LogP contribution < -0.4 is 9.47 Å². The van der Waals surface area contributed by atoms with Crippen LogP contribution in [0.3, 0.4) is 0 Å². The lowest BCUT2D eigenvalue weighted by Crippen LogP contribution is -2.38. The van der Waals surface area contributed by atoms with Crippen LogP contribution in [-0.4, -0.2) is 72.4 Å². The third-order valence-electron chi connectivity index (χ3n) is 5.91. The zero-order chi connectivity index (χ0) is 25.2. The van der Waals surface area contributed by atoms with Crippen LogP contribution in [0.25, 0.3) is 6.08 Å². The second kappa shape index (κ2) is 13.5. The summed E-state index contributed by atoms with van der Waals surface area (Å²) in [6.07, 6.45) is 7.67. The molecule has 0 saturated carbocycles. The Labute approximate surface area is 215 Å². The molecule has 0 aliphatic carbocycles. The molecule has 2 aliphatic rings. The molecule has 10 heteroatoms. The molecule has 2 aliphatic heterocycles. The molecule has 0 spiro atoms. The van der Waals surface area contributed by atoms with Gasteiger partial charge in [-0.15, -0.1) is 0 Å². The number of nitrogens with zero attached hydrogens (tertiary/aromatic N) is 2. The van der Waals surface area contributed by atoms with Gasteiger partial charge in [-0.1, -0.05) is 36.5 Å². The molecular formula is C25H32N2O6S2. The number of carbonyl (C=O) groups is 3. The quantitative estimate of drug-likeness (QED) is 0.187. The summed E-state index contributed by atoms with van der Waals surface area (Å²) in [7, 11) is 2.92. The summed E-state index contributed by atoms with van der Waals surface area (Å²) in [6, 6.07) is 5.35. The Bertz CT molecular complexity index is 975. The van der Waals surface area contributed by atoms with Crippen molar-refractivity contribution < 1.29 is 28.6 Å². The molecule has 2 amide bonds. The molecule has 0 N–H and O–H groups in total. The van der Waals surface area contributed by atoms with Gasteiger partial charge in [-0.2, -0.15) is 0 Å². The van der Waals surface area contributed by atoms with E-state index in [2.05, 4.69) is 4.74 Å². The molecule has 2 fully saturated rings. The normalized spacial score (nSPS) is 17.1. The lowest BCUT2D eigenvalue weighted by Gasteiger charge is -2.26. The topological polar surface area (TPSA) is 85.4 Å². The number of ether oxygens (including phenoxy) is 3.